The van der Waals surface area contributed by atoms with Gasteiger partial charge in [0.25, 0.3) is 5.56 Å². The third kappa shape index (κ3) is 4.95. The molecule has 3 aromatic rings. The van der Waals surface area contributed by atoms with Crippen LogP contribution in [0.15, 0.2) is 64.7 Å². The van der Waals surface area contributed by atoms with Gasteiger partial charge in [0.1, 0.15) is 0 Å². The molecule has 0 unspecified atom stereocenters. The number of nitrogens with zero attached hydrogens (tertiary/aromatic N) is 2. The largest absolute Gasteiger partial charge is 0.325 e. The molecule has 150 valence electrons. The van der Waals surface area contributed by atoms with Crippen LogP contribution in [0.4, 0.5) is 5.69 Å². The summed E-state index contributed by atoms with van der Waals surface area (Å²) < 4.78 is 1.57. The van der Waals surface area contributed by atoms with Gasteiger partial charge in [-0.05, 0) is 62.1 Å². The molecule has 5 nitrogen and oxygen atoms in total. The lowest BCUT2D eigenvalue weighted by atomic mass is 10.1. The van der Waals surface area contributed by atoms with Crippen molar-refractivity contribution in [3.63, 3.8) is 0 Å². The van der Waals surface area contributed by atoms with Crippen LogP contribution in [0.2, 0.25) is 0 Å². The Morgan fingerprint density at radius 3 is 2.62 bits per heavy atom. The van der Waals surface area contributed by atoms with E-state index >= 15 is 0 Å². The summed E-state index contributed by atoms with van der Waals surface area (Å²) in [5.41, 5.74) is 4.51. The Morgan fingerprint density at radius 1 is 1.14 bits per heavy atom. The fourth-order valence-electron chi connectivity index (χ4n) is 3.00. The van der Waals surface area contributed by atoms with E-state index in [4.69, 9.17) is 0 Å². The van der Waals surface area contributed by atoms with Crippen LogP contribution in [0.5, 0.6) is 0 Å². The Bertz CT molecular complexity index is 1090. The van der Waals surface area contributed by atoms with Crippen molar-refractivity contribution in [2.24, 2.45) is 0 Å². The summed E-state index contributed by atoms with van der Waals surface area (Å²) in [6, 6.07) is 13.7. The number of aryl methyl sites for hydroxylation is 3. The maximum Gasteiger partial charge on any atom is 0.287 e. The molecule has 0 aliphatic rings. The van der Waals surface area contributed by atoms with E-state index in [1.165, 1.54) is 11.8 Å². The number of anilines is 1. The van der Waals surface area contributed by atoms with Crippen LogP contribution in [-0.2, 0) is 4.79 Å². The standard InChI is InChI=1S/C23H25N3O2S/c1-5-20(21(27)25-19-14-16(3)9-10-17(19)4)29-22-23(28)26(12-11-24-22)18-8-6-7-15(2)13-18/h6-14,20H,5H2,1-4H3,(H,25,27)/t20-/m0/s1. The first kappa shape index (κ1) is 20.9. The summed E-state index contributed by atoms with van der Waals surface area (Å²) in [6.07, 6.45) is 3.83. The van der Waals surface area contributed by atoms with Gasteiger partial charge in [-0.2, -0.15) is 0 Å². The molecule has 1 aromatic heterocycles. The predicted molar refractivity (Wildman–Crippen MR) is 119 cm³/mol. The van der Waals surface area contributed by atoms with Gasteiger partial charge < -0.3 is 5.32 Å². The van der Waals surface area contributed by atoms with Gasteiger partial charge in [-0.15, -0.1) is 0 Å². The zero-order chi connectivity index (χ0) is 21.0. The number of hydrogen-bond donors (Lipinski definition) is 1. The van der Waals surface area contributed by atoms with Gasteiger partial charge in [0.2, 0.25) is 5.91 Å². The summed E-state index contributed by atoms with van der Waals surface area (Å²) in [7, 11) is 0. The lowest BCUT2D eigenvalue weighted by Gasteiger charge is -2.16. The summed E-state index contributed by atoms with van der Waals surface area (Å²) in [6.45, 7) is 7.86. The van der Waals surface area contributed by atoms with Crippen molar-refractivity contribution < 1.29 is 4.79 Å². The highest BCUT2D eigenvalue weighted by atomic mass is 32.2. The molecule has 1 N–H and O–H groups in total. The minimum Gasteiger partial charge on any atom is -0.325 e. The minimum atomic E-state index is -0.413. The number of rotatable bonds is 6. The van der Waals surface area contributed by atoms with Gasteiger partial charge in [0.15, 0.2) is 5.03 Å². The second-order valence-corrected chi connectivity index (χ2v) is 8.26. The molecule has 0 aliphatic heterocycles. The van der Waals surface area contributed by atoms with Crippen molar-refractivity contribution in [3.05, 3.63) is 81.9 Å². The average Bonchev–Trinajstić information content (AvgIpc) is 2.70. The first-order valence-electron chi connectivity index (χ1n) is 9.58. The van der Waals surface area contributed by atoms with Crippen molar-refractivity contribution in [1.82, 2.24) is 9.55 Å². The Morgan fingerprint density at radius 2 is 1.90 bits per heavy atom. The smallest absolute Gasteiger partial charge is 0.287 e. The molecule has 6 heteroatoms. The van der Waals surface area contributed by atoms with Crippen LogP contribution in [0.25, 0.3) is 5.69 Å². The molecule has 3 rings (SSSR count). The molecule has 0 fully saturated rings. The number of aromatic nitrogens is 2. The highest BCUT2D eigenvalue weighted by molar-refractivity contribution is 8.00. The van der Waals surface area contributed by atoms with Crippen molar-refractivity contribution in [3.8, 4) is 5.69 Å². The van der Waals surface area contributed by atoms with Crippen molar-refractivity contribution in [1.29, 1.82) is 0 Å². The molecule has 1 heterocycles. The van der Waals surface area contributed by atoms with E-state index in [9.17, 15) is 9.59 Å². The fourth-order valence-corrected chi connectivity index (χ4v) is 3.92. The number of hydrogen-bond acceptors (Lipinski definition) is 4. The molecule has 0 bridgehead atoms. The fraction of sp³-hybridized carbons (Fsp3) is 0.261. The van der Waals surface area contributed by atoms with Crippen LogP contribution in [-0.4, -0.2) is 20.7 Å². The summed E-state index contributed by atoms with van der Waals surface area (Å²) in [4.78, 5) is 30.1. The van der Waals surface area contributed by atoms with E-state index in [-0.39, 0.29) is 11.5 Å². The predicted octanol–water partition coefficient (Wildman–Crippen LogP) is 4.67. The van der Waals surface area contributed by atoms with Crippen LogP contribution in [0.1, 0.15) is 30.0 Å². The first-order valence-corrected chi connectivity index (χ1v) is 10.5. The third-order valence-electron chi connectivity index (χ3n) is 4.66. The molecule has 1 amide bonds. The number of carbonyl (C=O) groups is 1. The zero-order valence-corrected chi connectivity index (χ0v) is 17.9. The second-order valence-electron chi connectivity index (χ2n) is 7.07. The molecule has 1 atom stereocenters. The monoisotopic (exact) mass is 407 g/mol. The lowest BCUT2D eigenvalue weighted by molar-refractivity contribution is -0.115. The Labute approximate surface area is 175 Å². The maximum absolute atomic E-state index is 13.0. The van der Waals surface area contributed by atoms with E-state index in [0.29, 0.717) is 11.4 Å². The molecule has 0 aliphatic carbocycles. The van der Waals surface area contributed by atoms with E-state index in [2.05, 4.69) is 10.3 Å². The average molecular weight is 408 g/mol. The molecular weight excluding hydrogens is 382 g/mol. The van der Waals surface area contributed by atoms with Gasteiger partial charge in [-0.1, -0.05) is 43.0 Å². The van der Waals surface area contributed by atoms with Crippen LogP contribution < -0.4 is 10.9 Å². The van der Waals surface area contributed by atoms with E-state index in [0.717, 1.165) is 28.1 Å². The van der Waals surface area contributed by atoms with Gasteiger partial charge in [-0.25, -0.2) is 4.98 Å². The highest BCUT2D eigenvalue weighted by Crippen LogP contribution is 2.24. The van der Waals surface area contributed by atoms with Gasteiger partial charge in [-0.3, -0.25) is 14.2 Å². The number of benzene rings is 2. The maximum atomic E-state index is 13.0. The number of nitrogens with one attached hydrogen (secondary N) is 1. The normalized spacial score (nSPS) is 11.9. The van der Waals surface area contributed by atoms with Crippen molar-refractivity contribution >= 4 is 23.4 Å². The molecule has 0 saturated carbocycles. The topological polar surface area (TPSA) is 64.0 Å². The van der Waals surface area contributed by atoms with E-state index < -0.39 is 5.25 Å². The Kier molecular flexibility index (Phi) is 6.54. The molecule has 29 heavy (non-hydrogen) atoms. The first-order chi connectivity index (χ1) is 13.9. The summed E-state index contributed by atoms with van der Waals surface area (Å²) in [5.74, 6) is -0.127. The van der Waals surface area contributed by atoms with Crippen molar-refractivity contribution in [2.75, 3.05) is 5.32 Å². The molecule has 0 saturated heterocycles. The summed E-state index contributed by atoms with van der Waals surface area (Å²) in [5, 5.41) is 2.90. The van der Waals surface area contributed by atoms with Crippen molar-refractivity contribution in [2.45, 2.75) is 44.4 Å². The van der Waals surface area contributed by atoms with Crippen LogP contribution >= 0.6 is 11.8 Å². The van der Waals surface area contributed by atoms with E-state index in [1.54, 1.807) is 17.0 Å². The van der Waals surface area contributed by atoms with Gasteiger partial charge in [0, 0.05) is 23.8 Å². The molecule has 0 spiro atoms. The van der Waals surface area contributed by atoms with E-state index in [1.807, 2.05) is 70.2 Å². The third-order valence-corrected chi connectivity index (χ3v) is 5.99. The molecule has 0 radical (unpaired) electrons. The Hall–Kier alpha value is -2.86. The zero-order valence-electron chi connectivity index (χ0n) is 17.1. The van der Waals surface area contributed by atoms with Crippen LogP contribution in [0, 0.1) is 20.8 Å². The lowest BCUT2D eigenvalue weighted by Crippen LogP contribution is -2.28. The second kappa shape index (κ2) is 9.09. The SMILES string of the molecule is CC[C@H](Sc1nccn(-c2cccc(C)c2)c1=O)C(=O)Nc1cc(C)ccc1C. The van der Waals surface area contributed by atoms with Crippen LogP contribution in [0.3, 0.4) is 0 Å². The Balaban J connectivity index is 1.84. The molecule has 2 aromatic carbocycles. The quantitative estimate of drug-likeness (QED) is 0.603. The summed E-state index contributed by atoms with van der Waals surface area (Å²) >= 11 is 1.21. The highest BCUT2D eigenvalue weighted by Gasteiger charge is 2.21. The number of amides is 1. The van der Waals surface area contributed by atoms with Gasteiger partial charge >= 0.3 is 0 Å². The minimum absolute atomic E-state index is 0.127. The number of carbonyl (C=O) groups excluding carboxylic acids is 1. The number of thioether (sulfide) groups is 1. The van der Waals surface area contributed by atoms with Gasteiger partial charge in [0.05, 0.1) is 5.25 Å². The molecular formula is C23H25N3O2S.